The van der Waals surface area contributed by atoms with E-state index in [1.165, 1.54) is 5.56 Å². The minimum atomic E-state index is -0.216. The molecule has 0 fully saturated rings. The standard InChI is InChI=1S/C25H25N3O/c1-5-13-29-28-17(2)20-10-8-11-21-22(20)15-25(3,4)27-24(21)19-14-18-9-6-7-12-23(18)26-16-19/h5-12,14,16H,1,13,15H2,2-4H3. The van der Waals surface area contributed by atoms with Crippen molar-refractivity contribution in [3.05, 3.63) is 89.6 Å². The van der Waals surface area contributed by atoms with E-state index in [0.29, 0.717) is 6.61 Å². The van der Waals surface area contributed by atoms with Gasteiger partial charge in [0.25, 0.3) is 0 Å². The van der Waals surface area contributed by atoms with Gasteiger partial charge in [0.15, 0.2) is 0 Å². The molecule has 4 nitrogen and oxygen atoms in total. The lowest BCUT2D eigenvalue weighted by molar-refractivity contribution is 0.175. The van der Waals surface area contributed by atoms with E-state index in [0.717, 1.165) is 45.4 Å². The highest BCUT2D eigenvalue weighted by atomic mass is 16.6. The Hall–Kier alpha value is -3.27. The molecule has 4 heteroatoms. The van der Waals surface area contributed by atoms with Gasteiger partial charge in [0.2, 0.25) is 0 Å². The highest BCUT2D eigenvalue weighted by Gasteiger charge is 2.29. The zero-order valence-corrected chi connectivity index (χ0v) is 17.1. The van der Waals surface area contributed by atoms with Crippen molar-refractivity contribution in [1.82, 2.24) is 4.98 Å². The molecule has 4 rings (SSSR count). The second-order valence-corrected chi connectivity index (χ2v) is 7.96. The van der Waals surface area contributed by atoms with Crippen LogP contribution < -0.4 is 0 Å². The van der Waals surface area contributed by atoms with Crippen LogP contribution in [0, 0.1) is 0 Å². The number of oxime groups is 1. The molecule has 1 aliphatic heterocycles. The van der Waals surface area contributed by atoms with E-state index in [4.69, 9.17) is 9.83 Å². The zero-order chi connectivity index (χ0) is 20.4. The first-order valence-corrected chi connectivity index (χ1v) is 9.83. The molecule has 3 aromatic rings. The molecular formula is C25H25N3O. The van der Waals surface area contributed by atoms with Crippen molar-refractivity contribution in [3.63, 3.8) is 0 Å². The van der Waals surface area contributed by atoms with Crippen molar-refractivity contribution in [2.24, 2.45) is 10.1 Å². The molecule has 0 atom stereocenters. The lowest BCUT2D eigenvalue weighted by Gasteiger charge is -2.30. The molecule has 0 spiro atoms. The number of hydrogen-bond acceptors (Lipinski definition) is 4. The maximum atomic E-state index is 5.33. The van der Waals surface area contributed by atoms with Crippen LogP contribution in [0.1, 0.15) is 43.0 Å². The maximum Gasteiger partial charge on any atom is 0.135 e. The molecular weight excluding hydrogens is 358 g/mol. The quantitative estimate of drug-likeness (QED) is 0.259. The summed E-state index contributed by atoms with van der Waals surface area (Å²) in [6, 6.07) is 16.6. The van der Waals surface area contributed by atoms with Crippen molar-refractivity contribution in [1.29, 1.82) is 0 Å². The second kappa shape index (κ2) is 7.63. The van der Waals surface area contributed by atoms with Gasteiger partial charge in [-0.3, -0.25) is 9.98 Å². The second-order valence-electron chi connectivity index (χ2n) is 7.96. The lowest BCUT2D eigenvalue weighted by Crippen LogP contribution is -2.31. The number of aliphatic imine (C=N–C) groups is 1. The minimum Gasteiger partial charge on any atom is -0.391 e. The molecule has 0 saturated carbocycles. The third-order valence-corrected chi connectivity index (χ3v) is 5.10. The van der Waals surface area contributed by atoms with E-state index in [1.807, 2.05) is 31.3 Å². The maximum absolute atomic E-state index is 5.33. The largest absolute Gasteiger partial charge is 0.391 e. The Morgan fingerprint density at radius 3 is 2.86 bits per heavy atom. The number of hydrogen-bond donors (Lipinski definition) is 0. The molecule has 0 aliphatic carbocycles. The molecule has 1 aromatic heterocycles. The van der Waals surface area contributed by atoms with E-state index in [9.17, 15) is 0 Å². The Kier molecular flexibility index (Phi) is 5.01. The van der Waals surface area contributed by atoms with Crippen LogP contribution in [0.25, 0.3) is 10.9 Å². The van der Waals surface area contributed by atoms with Gasteiger partial charge in [0.05, 0.1) is 22.5 Å². The third kappa shape index (κ3) is 3.83. The fraction of sp³-hybridized carbons (Fsp3) is 0.240. The summed E-state index contributed by atoms with van der Waals surface area (Å²) in [6.45, 7) is 10.4. The van der Waals surface area contributed by atoms with E-state index >= 15 is 0 Å². The van der Waals surface area contributed by atoms with Crippen LogP contribution in [0.4, 0.5) is 0 Å². The SMILES string of the molecule is C=CCON=C(C)c1cccc2c1CC(C)(C)N=C2c1cnc2ccccc2c1. The highest BCUT2D eigenvalue weighted by molar-refractivity contribution is 6.17. The van der Waals surface area contributed by atoms with Crippen molar-refractivity contribution in [2.75, 3.05) is 6.61 Å². The van der Waals surface area contributed by atoms with Crippen molar-refractivity contribution >= 4 is 22.3 Å². The van der Waals surface area contributed by atoms with Gasteiger partial charge in [0.1, 0.15) is 6.61 Å². The summed E-state index contributed by atoms with van der Waals surface area (Å²) in [5, 5.41) is 5.39. The molecule has 0 N–H and O–H groups in total. The topological polar surface area (TPSA) is 46.8 Å². The van der Waals surface area contributed by atoms with Gasteiger partial charge >= 0.3 is 0 Å². The predicted octanol–water partition coefficient (Wildman–Crippen LogP) is 5.33. The number of fused-ring (bicyclic) bond motifs is 2. The number of para-hydroxylation sites is 1. The van der Waals surface area contributed by atoms with Gasteiger partial charge in [-0.15, -0.1) is 0 Å². The highest BCUT2D eigenvalue weighted by Crippen LogP contribution is 2.32. The fourth-order valence-electron chi connectivity index (χ4n) is 3.83. The number of rotatable bonds is 5. The summed E-state index contributed by atoms with van der Waals surface area (Å²) in [5.74, 6) is 0. The summed E-state index contributed by atoms with van der Waals surface area (Å²) < 4.78 is 0. The van der Waals surface area contributed by atoms with Gasteiger partial charge in [-0.2, -0.15) is 0 Å². The van der Waals surface area contributed by atoms with Gasteiger partial charge in [0, 0.05) is 28.3 Å². The Labute approximate surface area is 171 Å². The lowest BCUT2D eigenvalue weighted by atomic mass is 9.82. The molecule has 2 heterocycles. The van der Waals surface area contributed by atoms with Gasteiger partial charge in [-0.05, 0) is 44.9 Å². The number of aromatic nitrogens is 1. The normalized spacial score (nSPS) is 15.6. The van der Waals surface area contributed by atoms with E-state index in [2.05, 4.69) is 60.9 Å². The molecule has 29 heavy (non-hydrogen) atoms. The molecule has 2 aromatic carbocycles. The van der Waals surface area contributed by atoms with Gasteiger partial charge in [-0.1, -0.05) is 54.2 Å². The molecule has 0 unspecified atom stereocenters. The first-order valence-electron chi connectivity index (χ1n) is 9.83. The van der Waals surface area contributed by atoms with Crippen LogP contribution >= 0.6 is 0 Å². The average molecular weight is 383 g/mol. The predicted molar refractivity (Wildman–Crippen MR) is 120 cm³/mol. The first kappa shape index (κ1) is 19.1. The summed E-state index contributed by atoms with van der Waals surface area (Å²) in [5.41, 5.74) is 7.13. The third-order valence-electron chi connectivity index (χ3n) is 5.10. The van der Waals surface area contributed by atoms with Gasteiger partial charge in [-0.25, -0.2) is 0 Å². The van der Waals surface area contributed by atoms with Crippen LogP contribution in [0.2, 0.25) is 0 Å². The molecule has 0 saturated heterocycles. The summed E-state index contributed by atoms with van der Waals surface area (Å²) in [6.07, 6.45) is 4.46. The minimum absolute atomic E-state index is 0.216. The molecule has 0 bridgehead atoms. The van der Waals surface area contributed by atoms with E-state index < -0.39 is 0 Å². The first-order chi connectivity index (χ1) is 14.0. The van der Waals surface area contributed by atoms with E-state index in [1.54, 1.807) is 6.08 Å². The van der Waals surface area contributed by atoms with Crippen LogP contribution in [0.3, 0.4) is 0 Å². The summed E-state index contributed by atoms with van der Waals surface area (Å²) in [7, 11) is 0. The molecule has 146 valence electrons. The smallest absolute Gasteiger partial charge is 0.135 e. The Balaban J connectivity index is 1.84. The Morgan fingerprint density at radius 1 is 1.21 bits per heavy atom. The average Bonchev–Trinajstić information content (AvgIpc) is 2.72. The van der Waals surface area contributed by atoms with E-state index in [-0.39, 0.29) is 5.54 Å². The fourth-order valence-corrected chi connectivity index (χ4v) is 3.83. The molecule has 0 amide bonds. The van der Waals surface area contributed by atoms with Crippen LogP contribution in [-0.2, 0) is 11.3 Å². The monoisotopic (exact) mass is 383 g/mol. The van der Waals surface area contributed by atoms with Crippen molar-refractivity contribution < 1.29 is 4.84 Å². The van der Waals surface area contributed by atoms with Crippen LogP contribution in [0.15, 0.2) is 77.5 Å². The van der Waals surface area contributed by atoms with Gasteiger partial charge < -0.3 is 4.84 Å². The summed E-state index contributed by atoms with van der Waals surface area (Å²) in [4.78, 5) is 15.1. The number of pyridine rings is 1. The van der Waals surface area contributed by atoms with Crippen LogP contribution in [-0.4, -0.2) is 28.6 Å². The van der Waals surface area contributed by atoms with Crippen molar-refractivity contribution in [3.8, 4) is 0 Å². The Morgan fingerprint density at radius 2 is 2.03 bits per heavy atom. The number of nitrogens with zero attached hydrogens (tertiary/aromatic N) is 3. The van der Waals surface area contributed by atoms with Crippen molar-refractivity contribution in [2.45, 2.75) is 32.7 Å². The number of benzene rings is 2. The summed E-state index contributed by atoms with van der Waals surface area (Å²) >= 11 is 0. The molecule has 1 aliphatic rings. The van der Waals surface area contributed by atoms with Crippen LogP contribution in [0.5, 0.6) is 0 Å². The zero-order valence-electron chi connectivity index (χ0n) is 17.1. The Bertz CT molecular complexity index is 1140. The molecule has 0 radical (unpaired) electrons.